The summed E-state index contributed by atoms with van der Waals surface area (Å²) in [5.74, 6) is -0.311. The van der Waals surface area contributed by atoms with E-state index >= 15 is 0 Å². The summed E-state index contributed by atoms with van der Waals surface area (Å²) in [6.45, 7) is 2.13. The lowest BCUT2D eigenvalue weighted by Gasteiger charge is -2.37. The fourth-order valence-corrected chi connectivity index (χ4v) is 4.64. The maximum absolute atomic E-state index is 13.0. The van der Waals surface area contributed by atoms with Crippen LogP contribution in [0.4, 0.5) is 13.2 Å². The SMILES string of the molecule is O=C(NCCO)[C@@H]1C[C@H](COc2cccc(C(F)(F)F)c2)CN(Cc2ccc3ccccc3c2)C1. The minimum Gasteiger partial charge on any atom is -0.493 e. The molecule has 8 heteroatoms. The molecule has 186 valence electrons. The van der Waals surface area contributed by atoms with E-state index in [0.717, 1.165) is 28.5 Å². The summed E-state index contributed by atoms with van der Waals surface area (Å²) in [5, 5.41) is 14.1. The van der Waals surface area contributed by atoms with E-state index in [2.05, 4.69) is 40.5 Å². The number of hydrogen-bond donors (Lipinski definition) is 2. The lowest BCUT2D eigenvalue weighted by Crippen LogP contribution is -2.47. The van der Waals surface area contributed by atoms with Crippen LogP contribution in [0, 0.1) is 11.8 Å². The second-order valence-corrected chi connectivity index (χ2v) is 9.03. The van der Waals surface area contributed by atoms with Crippen LogP contribution in [0.25, 0.3) is 10.8 Å². The van der Waals surface area contributed by atoms with Gasteiger partial charge < -0.3 is 15.2 Å². The maximum Gasteiger partial charge on any atom is 0.416 e. The highest BCUT2D eigenvalue weighted by Gasteiger charge is 2.33. The van der Waals surface area contributed by atoms with Crippen molar-refractivity contribution in [2.75, 3.05) is 32.8 Å². The van der Waals surface area contributed by atoms with Crippen LogP contribution in [0.1, 0.15) is 17.5 Å². The molecule has 0 spiro atoms. The third-order valence-corrected chi connectivity index (χ3v) is 6.26. The van der Waals surface area contributed by atoms with Crippen molar-refractivity contribution in [2.24, 2.45) is 11.8 Å². The predicted molar refractivity (Wildman–Crippen MR) is 128 cm³/mol. The van der Waals surface area contributed by atoms with Crippen molar-refractivity contribution >= 4 is 16.7 Å². The van der Waals surface area contributed by atoms with Gasteiger partial charge in [-0.25, -0.2) is 0 Å². The van der Waals surface area contributed by atoms with E-state index in [0.29, 0.717) is 26.1 Å². The number of nitrogens with zero attached hydrogens (tertiary/aromatic N) is 1. The first kappa shape index (κ1) is 25.0. The summed E-state index contributed by atoms with van der Waals surface area (Å²) < 4.78 is 44.9. The Kier molecular flexibility index (Phi) is 7.93. The van der Waals surface area contributed by atoms with Gasteiger partial charge in [0.25, 0.3) is 0 Å². The number of fused-ring (bicyclic) bond motifs is 1. The maximum atomic E-state index is 13.0. The molecule has 3 aromatic rings. The highest BCUT2D eigenvalue weighted by molar-refractivity contribution is 5.83. The molecular weight excluding hydrogens is 457 g/mol. The zero-order chi connectivity index (χ0) is 24.8. The molecule has 3 aromatic carbocycles. The number of halogens is 3. The second kappa shape index (κ2) is 11.1. The molecule has 5 nitrogen and oxygen atoms in total. The second-order valence-electron chi connectivity index (χ2n) is 9.03. The number of nitrogens with one attached hydrogen (secondary N) is 1. The van der Waals surface area contributed by atoms with Crippen molar-refractivity contribution < 1.29 is 27.8 Å². The van der Waals surface area contributed by atoms with Gasteiger partial charge in [-0.05, 0) is 47.0 Å². The van der Waals surface area contributed by atoms with Gasteiger partial charge in [-0.15, -0.1) is 0 Å². The number of rotatable bonds is 8. The van der Waals surface area contributed by atoms with Crippen molar-refractivity contribution in [1.29, 1.82) is 0 Å². The lowest BCUT2D eigenvalue weighted by molar-refractivity contribution is -0.137. The number of aliphatic hydroxyl groups excluding tert-OH is 1. The number of likely N-dealkylation sites (tertiary alicyclic amines) is 1. The third kappa shape index (κ3) is 6.74. The highest BCUT2D eigenvalue weighted by atomic mass is 19.4. The molecule has 2 N–H and O–H groups in total. The van der Waals surface area contributed by atoms with Gasteiger partial charge in [-0.2, -0.15) is 13.2 Å². The fourth-order valence-electron chi connectivity index (χ4n) is 4.64. The molecule has 1 fully saturated rings. The molecule has 0 aliphatic carbocycles. The van der Waals surface area contributed by atoms with E-state index in [9.17, 15) is 18.0 Å². The zero-order valence-corrected chi connectivity index (χ0v) is 19.3. The van der Waals surface area contributed by atoms with Gasteiger partial charge in [0, 0.05) is 32.1 Å². The molecule has 1 aliphatic rings. The summed E-state index contributed by atoms with van der Waals surface area (Å²) in [7, 11) is 0. The van der Waals surface area contributed by atoms with Crippen molar-refractivity contribution in [3.63, 3.8) is 0 Å². The fraction of sp³-hybridized carbons (Fsp3) is 0.370. The molecule has 0 radical (unpaired) electrons. The van der Waals surface area contributed by atoms with Gasteiger partial charge in [0.05, 0.1) is 24.7 Å². The Bertz CT molecular complexity index is 1150. The molecule has 1 saturated heterocycles. The Morgan fingerprint density at radius 3 is 2.60 bits per heavy atom. The van der Waals surface area contributed by atoms with Gasteiger partial charge in [-0.1, -0.05) is 42.5 Å². The lowest BCUT2D eigenvalue weighted by atomic mass is 9.88. The molecule has 4 rings (SSSR count). The van der Waals surface area contributed by atoms with Crippen molar-refractivity contribution in [1.82, 2.24) is 10.2 Å². The first-order valence-electron chi connectivity index (χ1n) is 11.7. The number of benzene rings is 3. The summed E-state index contributed by atoms with van der Waals surface area (Å²) in [6, 6.07) is 19.3. The quantitative estimate of drug-likeness (QED) is 0.493. The Morgan fingerprint density at radius 1 is 1.03 bits per heavy atom. The molecule has 35 heavy (non-hydrogen) atoms. The first-order chi connectivity index (χ1) is 16.8. The van der Waals surface area contributed by atoms with Gasteiger partial charge >= 0.3 is 6.18 Å². The Balaban J connectivity index is 1.46. The number of piperidine rings is 1. The van der Waals surface area contributed by atoms with Crippen molar-refractivity contribution in [2.45, 2.75) is 19.1 Å². The van der Waals surface area contributed by atoms with Crippen LogP contribution in [-0.2, 0) is 17.5 Å². The third-order valence-electron chi connectivity index (χ3n) is 6.26. The van der Waals surface area contributed by atoms with Crippen LogP contribution in [-0.4, -0.2) is 48.8 Å². The predicted octanol–water partition coefficient (Wildman–Crippen LogP) is 4.48. The Labute approximate surface area is 202 Å². The largest absolute Gasteiger partial charge is 0.493 e. The molecule has 0 unspecified atom stereocenters. The minimum absolute atomic E-state index is 0.0383. The van der Waals surface area contributed by atoms with E-state index in [1.165, 1.54) is 12.1 Å². The number of carbonyl (C=O) groups is 1. The molecule has 1 aliphatic heterocycles. The Hall–Kier alpha value is -3.10. The summed E-state index contributed by atoms with van der Waals surface area (Å²) in [4.78, 5) is 14.9. The molecule has 1 amide bonds. The van der Waals surface area contributed by atoms with Crippen LogP contribution in [0.5, 0.6) is 5.75 Å². The number of alkyl halides is 3. The van der Waals surface area contributed by atoms with E-state index in [4.69, 9.17) is 9.84 Å². The van der Waals surface area contributed by atoms with Gasteiger partial charge in [0.2, 0.25) is 5.91 Å². The smallest absolute Gasteiger partial charge is 0.416 e. The van der Waals surface area contributed by atoms with Gasteiger partial charge in [0.15, 0.2) is 0 Å². The van der Waals surface area contributed by atoms with Crippen molar-refractivity contribution in [3.05, 3.63) is 77.9 Å². The van der Waals surface area contributed by atoms with Crippen LogP contribution < -0.4 is 10.1 Å². The zero-order valence-electron chi connectivity index (χ0n) is 19.3. The average Bonchev–Trinajstić information content (AvgIpc) is 2.85. The number of ether oxygens (including phenoxy) is 1. The molecular formula is C27H29F3N2O3. The van der Waals surface area contributed by atoms with Crippen LogP contribution in [0.2, 0.25) is 0 Å². The normalized spacial score (nSPS) is 19.0. The van der Waals surface area contributed by atoms with Crippen LogP contribution in [0.15, 0.2) is 66.7 Å². The summed E-state index contributed by atoms with van der Waals surface area (Å²) in [5.41, 5.74) is 0.371. The van der Waals surface area contributed by atoms with E-state index in [1.54, 1.807) is 0 Å². The standard InChI is InChI=1S/C27H29F3N2O3/c28-27(29,30)24-6-3-7-25(14-24)35-18-20-13-23(26(34)31-10-11-33)17-32(16-20)15-19-8-9-21-4-1-2-5-22(21)12-19/h1-9,12,14,20,23,33H,10-11,13,15-18H2,(H,31,34)/t20-,23+/m0/s1. The Morgan fingerprint density at radius 2 is 1.83 bits per heavy atom. The van der Waals surface area contributed by atoms with Crippen LogP contribution in [0.3, 0.4) is 0 Å². The number of hydrogen-bond acceptors (Lipinski definition) is 4. The number of carbonyl (C=O) groups excluding carboxylic acids is 1. The van der Waals surface area contributed by atoms with Crippen molar-refractivity contribution in [3.8, 4) is 5.75 Å². The van der Waals surface area contributed by atoms with Crippen LogP contribution >= 0.6 is 0 Å². The topological polar surface area (TPSA) is 61.8 Å². The molecule has 2 atom stereocenters. The number of aliphatic hydroxyl groups is 1. The van der Waals surface area contributed by atoms with Gasteiger partial charge in [0.1, 0.15) is 5.75 Å². The summed E-state index contributed by atoms with van der Waals surface area (Å²) >= 11 is 0. The highest BCUT2D eigenvalue weighted by Crippen LogP contribution is 2.32. The molecule has 1 heterocycles. The first-order valence-corrected chi connectivity index (χ1v) is 11.7. The van der Waals surface area contributed by atoms with E-state index in [1.807, 2.05) is 12.1 Å². The molecule has 0 aromatic heterocycles. The van der Waals surface area contributed by atoms with E-state index < -0.39 is 11.7 Å². The molecule has 0 bridgehead atoms. The molecule has 0 saturated carbocycles. The monoisotopic (exact) mass is 486 g/mol. The van der Waals surface area contributed by atoms with E-state index in [-0.39, 0.29) is 43.3 Å². The number of amides is 1. The summed E-state index contributed by atoms with van der Waals surface area (Å²) in [6.07, 6.45) is -3.87. The minimum atomic E-state index is -4.43. The van der Waals surface area contributed by atoms with Gasteiger partial charge in [-0.3, -0.25) is 9.69 Å². The average molecular weight is 487 g/mol.